The molecule has 0 spiro atoms. The van der Waals surface area contributed by atoms with Crippen LogP contribution in [-0.4, -0.2) is 13.0 Å². The van der Waals surface area contributed by atoms with Crippen molar-refractivity contribution in [1.29, 1.82) is 0 Å². The van der Waals surface area contributed by atoms with Gasteiger partial charge >= 0.3 is 0 Å². The van der Waals surface area contributed by atoms with Gasteiger partial charge in [0.15, 0.2) is 0 Å². The number of benzene rings is 2. The van der Waals surface area contributed by atoms with E-state index in [1.165, 1.54) is 12.1 Å². The van der Waals surface area contributed by atoms with Crippen LogP contribution in [0.5, 0.6) is 5.75 Å². The number of carbonyl (C=O) groups excluding carboxylic acids is 1. The topological polar surface area (TPSA) is 38.3 Å². The van der Waals surface area contributed by atoms with Crippen molar-refractivity contribution in [1.82, 2.24) is 0 Å². The molecule has 1 amide bonds. The lowest BCUT2D eigenvalue weighted by Gasteiger charge is -2.10. The summed E-state index contributed by atoms with van der Waals surface area (Å²) in [6, 6.07) is 9.45. The lowest BCUT2D eigenvalue weighted by atomic mass is 10.1. The number of hydrogen-bond acceptors (Lipinski definition) is 2. The largest absolute Gasteiger partial charge is 0.496 e. The van der Waals surface area contributed by atoms with Gasteiger partial charge in [-0.25, -0.2) is 4.39 Å². The van der Waals surface area contributed by atoms with Crippen LogP contribution in [0.15, 0.2) is 36.4 Å². The number of amides is 1. The molecule has 0 atom stereocenters. The van der Waals surface area contributed by atoms with E-state index in [-0.39, 0.29) is 11.7 Å². The molecule has 104 valence electrons. The lowest BCUT2D eigenvalue weighted by Crippen LogP contribution is -2.13. The van der Waals surface area contributed by atoms with Gasteiger partial charge in [-0.3, -0.25) is 4.79 Å². The van der Waals surface area contributed by atoms with E-state index in [2.05, 4.69) is 5.32 Å². The molecule has 0 aliphatic carbocycles. The first-order valence-corrected chi connectivity index (χ1v) is 7.00. The molecule has 0 radical (unpaired) electrons. The fourth-order valence-corrected chi connectivity index (χ4v) is 2.36. The Balaban J connectivity index is 2.24. The number of aryl methyl sites for hydroxylation is 1. The Kier molecular flexibility index (Phi) is 4.59. The van der Waals surface area contributed by atoms with Crippen molar-refractivity contribution in [3.63, 3.8) is 0 Å². The predicted molar refractivity (Wildman–Crippen MR) is 84.8 cm³/mol. The minimum Gasteiger partial charge on any atom is -0.496 e. The Hall–Kier alpha value is -1.63. The molecule has 2 aromatic carbocycles. The first-order valence-electron chi connectivity index (χ1n) is 5.92. The molecule has 0 unspecified atom stereocenters. The Morgan fingerprint density at radius 1 is 1.25 bits per heavy atom. The van der Waals surface area contributed by atoms with Crippen LogP contribution in [0.2, 0.25) is 0 Å². The van der Waals surface area contributed by atoms with E-state index in [9.17, 15) is 9.18 Å². The molecule has 0 saturated carbocycles. The van der Waals surface area contributed by atoms with Gasteiger partial charge in [-0.05, 0) is 65.4 Å². The molecule has 0 heterocycles. The summed E-state index contributed by atoms with van der Waals surface area (Å²) in [6.45, 7) is 1.91. The Morgan fingerprint density at radius 3 is 2.65 bits per heavy atom. The molecule has 20 heavy (non-hydrogen) atoms. The predicted octanol–water partition coefficient (Wildman–Crippen LogP) is 4.00. The van der Waals surface area contributed by atoms with Crippen LogP contribution in [0, 0.1) is 16.3 Å². The quantitative estimate of drug-likeness (QED) is 0.812. The smallest absolute Gasteiger partial charge is 0.255 e. The van der Waals surface area contributed by atoms with Crippen LogP contribution < -0.4 is 10.1 Å². The Bertz CT molecular complexity index is 658. The van der Waals surface area contributed by atoms with E-state index < -0.39 is 0 Å². The minimum atomic E-state index is -0.329. The van der Waals surface area contributed by atoms with Gasteiger partial charge in [-0.15, -0.1) is 0 Å². The molecule has 2 rings (SSSR count). The number of halogens is 2. The van der Waals surface area contributed by atoms with E-state index in [1.54, 1.807) is 25.3 Å². The monoisotopic (exact) mass is 385 g/mol. The Morgan fingerprint density at radius 2 is 2.00 bits per heavy atom. The SMILES string of the molecule is COc1cc(C(=O)Nc2ccc(F)cc2I)ccc1C. The maximum atomic E-state index is 13.0. The Labute approximate surface area is 130 Å². The molecule has 3 nitrogen and oxygen atoms in total. The number of carbonyl (C=O) groups is 1. The summed E-state index contributed by atoms with van der Waals surface area (Å²) in [5.74, 6) is 0.0729. The molecule has 0 aromatic heterocycles. The van der Waals surface area contributed by atoms with Gasteiger partial charge in [0.2, 0.25) is 0 Å². The normalized spacial score (nSPS) is 10.2. The van der Waals surface area contributed by atoms with Crippen LogP contribution in [0.4, 0.5) is 10.1 Å². The van der Waals surface area contributed by atoms with Gasteiger partial charge in [-0.2, -0.15) is 0 Å². The number of ether oxygens (including phenoxy) is 1. The lowest BCUT2D eigenvalue weighted by molar-refractivity contribution is 0.102. The minimum absolute atomic E-state index is 0.257. The standard InChI is InChI=1S/C15H13FINO2/c1-9-3-4-10(7-14(9)20-2)15(19)18-13-6-5-11(16)8-12(13)17/h3-8H,1-2H3,(H,18,19). The van der Waals surface area contributed by atoms with Crippen LogP contribution in [0.25, 0.3) is 0 Å². The van der Waals surface area contributed by atoms with Crippen LogP contribution in [0.1, 0.15) is 15.9 Å². The first kappa shape index (κ1) is 14.8. The second kappa shape index (κ2) is 6.21. The average Bonchev–Trinajstić information content (AvgIpc) is 2.42. The molecule has 5 heteroatoms. The van der Waals surface area contributed by atoms with E-state index in [4.69, 9.17) is 4.74 Å². The molecule has 2 aromatic rings. The third kappa shape index (κ3) is 3.27. The van der Waals surface area contributed by atoms with Crippen LogP contribution >= 0.6 is 22.6 Å². The fraction of sp³-hybridized carbons (Fsp3) is 0.133. The molecule has 0 bridgehead atoms. The van der Waals surface area contributed by atoms with Gasteiger partial charge in [0.25, 0.3) is 5.91 Å². The van der Waals surface area contributed by atoms with Crippen molar-refractivity contribution in [3.05, 3.63) is 56.9 Å². The highest BCUT2D eigenvalue weighted by atomic mass is 127. The number of nitrogens with one attached hydrogen (secondary N) is 1. The molecule has 1 N–H and O–H groups in total. The zero-order chi connectivity index (χ0) is 14.7. The summed E-state index contributed by atoms with van der Waals surface area (Å²) in [6.07, 6.45) is 0. The second-order valence-electron chi connectivity index (χ2n) is 4.26. The second-order valence-corrected chi connectivity index (χ2v) is 5.42. The number of methoxy groups -OCH3 is 1. The average molecular weight is 385 g/mol. The fourth-order valence-electron chi connectivity index (χ4n) is 1.75. The van der Waals surface area contributed by atoms with E-state index in [0.717, 1.165) is 5.56 Å². The maximum absolute atomic E-state index is 13.0. The third-order valence-corrected chi connectivity index (χ3v) is 3.74. The van der Waals surface area contributed by atoms with Gasteiger partial charge in [0.1, 0.15) is 11.6 Å². The number of rotatable bonds is 3. The highest BCUT2D eigenvalue weighted by Crippen LogP contribution is 2.22. The zero-order valence-corrected chi connectivity index (χ0v) is 13.2. The summed E-state index contributed by atoms with van der Waals surface area (Å²) in [5.41, 5.74) is 2.03. The van der Waals surface area contributed by atoms with Crippen molar-refractivity contribution in [3.8, 4) is 5.75 Å². The summed E-state index contributed by atoms with van der Waals surface area (Å²) >= 11 is 1.98. The van der Waals surface area contributed by atoms with Gasteiger partial charge in [0, 0.05) is 9.13 Å². The van der Waals surface area contributed by atoms with E-state index >= 15 is 0 Å². The first-order chi connectivity index (χ1) is 9.51. The van der Waals surface area contributed by atoms with Crippen molar-refractivity contribution >= 4 is 34.2 Å². The molecular formula is C15H13FINO2. The number of hydrogen-bond donors (Lipinski definition) is 1. The molecule has 0 fully saturated rings. The van der Waals surface area contributed by atoms with Crippen LogP contribution in [-0.2, 0) is 0 Å². The summed E-state index contributed by atoms with van der Waals surface area (Å²) < 4.78 is 18.9. The molecule has 0 saturated heterocycles. The van der Waals surface area contributed by atoms with Gasteiger partial charge in [0.05, 0.1) is 12.8 Å². The van der Waals surface area contributed by atoms with Crippen molar-refractivity contribution in [2.45, 2.75) is 6.92 Å². The number of anilines is 1. The summed E-state index contributed by atoms with van der Waals surface area (Å²) in [5, 5.41) is 2.76. The summed E-state index contributed by atoms with van der Waals surface area (Å²) in [4.78, 5) is 12.2. The van der Waals surface area contributed by atoms with Crippen molar-refractivity contribution < 1.29 is 13.9 Å². The van der Waals surface area contributed by atoms with E-state index in [0.29, 0.717) is 20.6 Å². The zero-order valence-electron chi connectivity index (χ0n) is 11.0. The molecule has 0 aliphatic rings. The highest BCUT2D eigenvalue weighted by Gasteiger charge is 2.10. The van der Waals surface area contributed by atoms with Crippen molar-refractivity contribution in [2.24, 2.45) is 0 Å². The van der Waals surface area contributed by atoms with Gasteiger partial charge < -0.3 is 10.1 Å². The van der Waals surface area contributed by atoms with Crippen molar-refractivity contribution in [2.75, 3.05) is 12.4 Å². The van der Waals surface area contributed by atoms with E-state index in [1.807, 2.05) is 35.6 Å². The molecular weight excluding hydrogens is 372 g/mol. The van der Waals surface area contributed by atoms with Crippen LogP contribution in [0.3, 0.4) is 0 Å². The third-order valence-electron chi connectivity index (χ3n) is 2.85. The van der Waals surface area contributed by atoms with Gasteiger partial charge in [-0.1, -0.05) is 6.07 Å². The molecule has 0 aliphatic heterocycles. The maximum Gasteiger partial charge on any atom is 0.255 e. The summed E-state index contributed by atoms with van der Waals surface area (Å²) in [7, 11) is 1.56. The highest BCUT2D eigenvalue weighted by molar-refractivity contribution is 14.1.